The molecule has 0 radical (unpaired) electrons. The van der Waals surface area contributed by atoms with Gasteiger partial charge in [0, 0.05) is 0 Å². The van der Waals surface area contributed by atoms with Crippen LogP contribution in [0.2, 0.25) is 0 Å². The minimum absolute atomic E-state index is 0.455. The summed E-state index contributed by atoms with van der Waals surface area (Å²) in [6.45, 7) is -0.455. The molecule has 0 rings (SSSR count). The lowest BCUT2D eigenvalue weighted by Crippen LogP contribution is -1.66. The van der Waals surface area contributed by atoms with Crippen LogP contribution in [0.3, 0.4) is 0 Å². The number of hydrogen-bond acceptors (Lipinski definition) is 3. The van der Waals surface area contributed by atoms with E-state index >= 15 is 0 Å². The molecule has 0 heterocycles. The molecule has 0 aliphatic rings. The van der Waals surface area contributed by atoms with E-state index < -0.39 is 6.73 Å². The van der Waals surface area contributed by atoms with Gasteiger partial charge in [0.15, 0.2) is 0 Å². The van der Waals surface area contributed by atoms with E-state index in [1.54, 1.807) is 0 Å². The van der Waals surface area contributed by atoms with Gasteiger partial charge in [-0.05, 0) is 0 Å². The SMILES string of the molecule is O=C=NCO. The maximum atomic E-state index is 8.95. The summed E-state index contributed by atoms with van der Waals surface area (Å²) in [4.78, 5) is 11.7. The van der Waals surface area contributed by atoms with Gasteiger partial charge >= 0.3 is 0 Å². The Morgan fingerprint density at radius 2 is 2.60 bits per heavy atom. The zero-order valence-electron chi connectivity index (χ0n) is 2.51. The largest absolute Gasteiger partial charge is 0.374 e. The van der Waals surface area contributed by atoms with Crippen LogP contribution in [-0.2, 0) is 4.79 Å². The Labute approximate surface area is 29.0 Å². The van der Waals surface area contributed by atoms with E-state index in [1.807, 2.05) is 0 Å². The molecule has 0 unspecified atom stereocenters. The van der Waals surface area contributed by atoms with Crippen molar-refractivity contribution in [1.82, 2.24) is 0 Å². The fraction of sp³-hybridized carbons (Fsp3) is 0.500. The van der Waals surface area contributed by atoms with Crippen LogP contribution in [0.1, 0.15) is 0 Å². The van der Waals surface area contributed by atoms with Crippen molar-refractivity contribution in [3.63, 3.8) is 0 Å². The van der Waals surface area contributed by atoms with Crippen LogP contribution in [0.15, 0.2) is 4.99 Å². The molecule has 28 valence electrons. The highest BCUT2D eigenvalue weighted by atomic mass is 16.3. The highest BCUT2D eigenvalue weighted by molar-refractivity contribution is 5.32. The molecule has 0 atom stereocenters. The molecule has 1 N–H and O–H groups in total. The van der Waals surface area contributed by atoms with E-state index in [0.29, 0.717) is 0 Å². The Hall–Kier alpha value is -0.660. The monoisotopic (exact) mass is 73.0 g/mol. The Morgan fingerprint density at radius 3 is 2.60 bits per heavy atom. The van der Waals surface area contributed by atoms with Gasteiger partial charge in [0.2, 0.25) is 6.08 Å². The number of nitrogens with zero attached hydrogens (tertiary/aromatic N) is 1. The normalized spacial score (nSPS) is 5.80. The Morgan fingerprint density at radius 1 is 2.00 bits per heavy atom. The molecular formula is C2H3NO2. The quantitative estimate of drug-likeness (QED) is 0.328. The fourth-order valence-electron chi connectivity index (χ4n) is 0.0289. The maximum absolute atomic E-state index is 8.95. The molecule has 0 aromatic rings. The van der Waals surface area contributed by atoms with E-state index in [1.165, 1.54) is 0 Å². The molecule has 0 spiro atoms. The molecule has 0 bridgehead atoms. The minimum Gasteiger partial charge on any atom is -0.374 e. The highest BCUT2D eigenvalue weighted by Gasteiger charge is 1.52. The average molecular weight is 73.1 g/mol. The first-order chi connectivity index (χ1) is 2.41. The standard InChI is InChI=1S/C2H3NO2/c4-1-3-2-5/h4H,1H2. The lowest BCUT2D eigenvalue weighted by molar-refractivity contribution is 0.308. The first-order valence-electron chi connectivity index (χ1n) is 1.06. The van der Waals surface area contributed by atoms with Gasteiger partial charge in [0.25, 0.3) is 0 Å². The van der Waals surface area contributed by atoms with Crippen LogP contribution >= 0.6 is 0 Å². The predicted octanol–water partition coefficient (Wildman–Crippen LogP) is -0.728. The second kappa shape index (κ2) is 3.34. The summed E-state index contributed by atoms with van der Waals surface area (Å²) in [7, 11) is 0. The summed E-state index contributed by atoms with van der Waals surface area (Å²) in [5.74, 6) is 0. The van der Waals surface area contributed by atoms with Crippen LogP contribution in [0.5, 0.6) is 0 Å². The fourth-order valence-corrected chi connectivity index (χ4v) is 0.0289. The lowest BCUT2D eigenvalue weighted by atomic mass is 11.3. The number of hydrogen-bond donors (Lipinski definition) is 1. The lowest BCUT2D eigenvalue weighted by Gasteiger charge is -1.60. The zero-order chi connectivity index (χ0) is 4.12. The number of rotatable bonds is 1. The predicted molar refractivity (Wildman–Crippen MR) is 15.2 cm³/mol. The van der Waals surface area contributed by atoms with Gasteiger partial charge in [-0.2, -0.15) is 4.99 Å². The number of aliphatic hydroxyl groups is 1. The minimum atomic E-state index is -0.455. The zero-order valence-corrected chi connectivity index (χ0v) is 2.51. The van der Waals surface area contributed by atoms with Crippen molar-refractivity contribution in [2.24, 2.45) is 4.99 Å². The third kappa shape index (κ3) is 3.34. The van der Waals surface area contributed by atoms with E-state index in [2.05, 4.69) is 4.99 Å². The molecule has 0 aliphatic carbocycles. The Balaban J connectivity index is 2.93. The third-order valence-electron chi connectivity index (χ3n) is 0.135. The van der Waals surface area contributed by atoms with E-state index in [9.17, 15) is 0 Å². The van der Waals surface area contributed by atoms with E-state index in [0.717, 1.165) is 6.08 Å². The van der Waals surface area contributed by atoms with Gasteiger partial charge in [0.05, 0.1) is 0 Å². The molecule has 3 nitrogen and oxygen atoms in total. The van der Waals surface area contributed by atoms with Crippen molar-refractivity contribution in [2.75, 3.05) is 6.73 Å². The third-order valence-corrected chi connectivity index (χ3v) is 0.135. The first kappa shape index (κ1) is 4.34. The molecule has 5 heavy (non-hydrogen) atoms. The molecule has 0 fully saturated rings. The molecule has 0 aromatic carbocycles. The smallest absolute Gasteiger partial charge is 0.237 e. The number of aliphatic hydroxyl groups excluding tert-OH is 1. The first-order valence-corrected chi connectivity index (χ1v) is 1.06. The van der Waals surface area contributed by atoms with Crippen molar-refractivity contribution in [1.29, 1.82) is 0 Å². The second-order valence-electron chi connectivity index (χ2n) is 0.391. The molecule has 3 heteroatoms. The maximum Gasteiger partial charge on any atom is 0.237 e. The van der Waals surface area contributed by atoms with Crippen molar-refractivity contribution in [2.45, 2.75) is 0 Å². The van der Waals surface area contributed by atoms with Crippen LogP contribution < -0.4 is 0 Å². The van der Waals surface area contributed by atoms with Crippen LogP contribution in [0, 0.1) is 0 Å². The van der Waals surface area contributed by atoms with Crippen molar-refractivity contribution < 1.29 is 9.90 Å². The van der Waals surface area contributed by atoms with Gasteiger partial charge in [-0.3, -0.25) is 0 Å². The molecule has 0 aliphatic heterocycles. The number of carbonyl (C=O) groups excluding carboxylic acids is 1. The summed E-state index contributed by atoms with van der Waals surface area (Å²) in [5, 5.41) is 7.64. The number of aliphatic imine (C=N–C) groups is 1. The van der Waals surface area contributed by atoms with Crippen molar-refractivity contribution >= 4 is 6.08 Å². The average Bonchev–Trinajstić information content (AvgIpc) is 1.41. The summed E-state index contributed by atoms with van der Waals surface area (Å²) in [6.07, 6.45) is 1.14. The summed E-state index contributed by atoms with van der Waals surface area (Å²) in [5.41, 5.74) is 0. The highest BCUT2D eigenvalue weighted by Crippen LogP contribution is 1.46. The number of isocyanates is 1. The summed E-state index contributed by atoms with van der Waals surface area (Å²) < 4.78 is 0. The molecule has 0 saturated heterocycles. The molecule has 0 saturated carbocycles. The van der Waals surface area contributed by atoms with Crippen LogP contribution in [-0.4, -0.2) is 17.9 Å². The van der Waals surface area contributed by atoms with E-state index in [-0.39, 0.29) is 0 Å². The van der Waals surface area contributed by atoms with Gasteiger partial charge < -0.3 is 5.11 Å². The second-order valence-corrected chi connectivity index (χ2v) is 0.391. The van der Waals surface area contributed by atoms with Gasteiger partial charge in [-0.1, -0.05) is 0 Å². The van der Waals surface area contributed by atoms with Gasteiger partial charge in [-0.25, -0.2) is 4.79 Å². The summed E-state index contributed by atoms with van der Waals surface area (Å²) >= 11 is 0. The Kier molecular flexibility index (Phi) is 2.90. The van der Waals surface area contributed by atoms with E-state index in [4.69, 9.17) is 9.90 Å². The summed E-state index contributed by atoms with van der Waals surface area (Å²) in [6, 6.07) is 0. The molecular weight excluding hydrogens is 70.0 g/mol. The topological polar surface area (TPSA) is 49.7 Å². The van der Waals surface area contributed by atoms with Crippen LogP contribution in [0.25, 0.3) is 0 Å². The van der Waals surface area contributed by atoms with Crippen LogP contribution in [0.4, 0.5) is 0 Å². The molecule has 0 aromatic heterocycles. The van der Waals surface area contributed by atoms with Crippen molar-refractivity contribution in [3.05, 3.63) is 0 Å². The van der Waals surface area contributed by atoms with Crippen molar-refractivity contribution in [3.8, 4) is 0 Å². The van der Waals surface area contributed by atoms with Gasteiger partial charge in [-0.15, -0.1) is 0 Å². The van der Waals surface area contributed by atoms with Gasteiger partial charge in [0.1, 0.15) is 6.73 Å². The molecule has 0 amide bonds. The Bertz CT molecular complexity index is 54.7.